The summed E-state index contributed by atoms with van der Waals surface area (Å²) in [6.07, 6.45) is 5.53. The number of hydrogen-bond acceptors (Lipinski definition) is 3. The highest BCUT2D eigenvalue weighted by Crippen LogP contribution is 2.15. The maximum Gasteiger partial charge on any atom is 0.335 e. The van der Waals surface area contributed by atoms with Gasteiger partial charge in [0.25, 0.3) is 0 Å². The highest BCUT2D eigenvalue weighted by atomic mass is 127. The lowest BCUT2D eigenvalue weighted by molar-refractivity contribution is -0.129. The molecule has 0 saturated heterocycles. The standard InChI is InChI=1S/C20H19IO3/c21-14-6-2-5-9-20(23)24-18-12-10-17(11-13-18)19(22)15-16-7-3-1-4-8-16/h1,3-5,7-13H,2,6,14-15H2. The topological polar surface area (TPSA) is 43.4 Å². The molecule has 2 rings (SSSR count). The maximum absolute atomic E-state index is 12.2. The van der Waals surface area contributed by atoms with Crippen molar-refractivity contribution in [3.05, 3.63) is 77.9 Å². The molecule has 3 nitrogen and oxygen atoms in total. The summed E-state index contributed by atoms with van der Waals surface area (Å²) >= 11 is 2.30. The van der Waals surface area contributed by atoms with Gasteiger partial charge in [-0.05, 0) is 47.1 Å². The second-order valence-electron chi connectivity index (χ2n) is 5.26. The van der Waals surface area contributed by atoms with Gasteiger partial charge in [0.1, 0.15) is 5.75 Å². The molecular weight excluding hydrogens is 415 g/mol. The Kier molecular flexibility index (Phi) is 7.68. The van der Waals surface area contributed by atoms with Crippen LogP contribution in [-0.4, -0.2) is 16.2 Å². The van der Waals surface area contributed by atoms with Crippen LogP contribution in [0.2, 0.25) is 0 Å². The van der Waals surface area contributed by atoms with Gasteiger partial charge in [-0.15, -0.1) is 0 Å². The highest BCUT2D eigenvalue weighted by molar-refractivity contribution is 14.1. The number of Topliss-reactive ketones (excluding diaryl/α,β-unsaturated/α-hetero) is 1. The fourth-order valence-electron chi connectivity index (χ4n) is 2.12. The fourth-order valence-corrected chi connectivity index (χ4v) is 2.56. The number of ether oxygens (including phenoxy) is 1. The van der Waals surface area contributed by atoms with Crippen molar-refractivity contribution in [1.29, 1.82) is 0 Å². The predicted octanol–water partition coefficient (Wildman–Crippen LogP) is 4.79. The molecule has 0 amide bonds. The second-order valence-corrected chi connectivity index (χ2v) is 6.34. The summed E-state index contributed by atoms with van der Waals surface area (Å²) < 4.78 is 6.27. The third-order valence-electron chi connectivity index (χ3n) is 3.36. The summed E-state index contributed by atoms with van der Waals surface area (Å²) in [6.45, 7) is 0. The number of rotatable bonds is 8. The van der Waals surface area contributed by atoms with Gasteiger partial charge in [0.15, 0.2) is 5.78 Å². The minimum atomic E-state index is -0.396. The predicted molar refractivity (Wildman–Crippen MR) is 104 cm³/mol. The number of carbonyl (C=O) groups excluding carboxylic acids is 2. The quantitative estimate of drug-likeness (QED) is 0.114. The van der Waals surface area contributed by atoms with Crippen LogP contribution in [0.5, 0.6) is 5.75 Å². The van der Waals surface area contributed by atoms with Crippen LogP contribution in [-0.2, 0) is 11.2 Å². The molecule has 0 aliphatic rings. The molecule has 0 fully saturated rings. The number of benzene rings is 2. The van der Waals surface area contributed by atoms with E-state index in [9.17, 15) is 9.59 Å². The van der Waals surface area contributed by atoms with Gasteiger partial charge in [-0.3, -0.25) is 4.79 Å². The lowest BCUT2D eigenvalue weighted by Crippen LogP contribution is -2.05. The molecule has 24 heavy (non-hydrogen) atoms. The van der Waals surface area contributed by atoms with Crippen molar-refractivity contribution < 1.29 is 14.3 Å². The van der Waals surface area contributed by atoms with Crippen LogP contribution in [0.4, 0.5) is 0 Å². The molecular formula is C20H19IO3. The Labute approximate surface area is 155 Å². The monoisotopic (exact) mass is 434 g/mol. The number of halogens is 1. The number of esters is 1. The molecule has 0 spiro atoms. The average molecular weight is 434 g/mol. The van der Waals surface area contributed by atoms with Crippen molar-refractivity contribution in [1.82, 2.24) is 0 Å². The van der Waals surface area contributed by atoms with E-state index in [-0.39, 0.29) is 5.78 Å². The van der Waals surface area contributed by atoms with Crippen molar-refractivity contribution in [2.75, 3.05) is 4.43 Å². The third kappa shape index (κ3) is 6.28. The molecule has 4 heteroatoms. The Morgan fingerprint density at radius 2 is 1.71 bits per heavy atom. The summed E-state index contributed by atoms with van der Waals surface area (Å²) in [5, 5.41) is 0. The number of ketones is 1. The van der Waals surface area contributed by atoms with Crippen LogP contribution < -0.4 is 4.74 Å². The summed E-state index contributed by atoms with van der Waals surface area (Å²) in [5.41, 5.74) is 1.59. The molecule has 0 aliphatic heterocycles. The number of allylic oxidation sites excluding steroid dienone is 1. The van der Waals surface area contributed by atoms with E-state index in [2.05, 4.69) is 22.6 Å². The zero-order chi connectivity index (χ0) is 17.2. The Morgan fingerprint density at radius 3 is 2.38 bits per heavy atom. The molecule has 0 aliphatic carbocycles. The van der Waals surface area contributed by atoms with Gasteiger partial charge in [0.05, 0.1) is 0 Å². The number of carbonyl (C=O) groups is 2. The lowest BCUT2D eigenvalue weighted by Gasteiger charge is -2.04. The molecule has 124 valence electrons. The lowest BCUT2D eigenvalue weighted by atomic mass is 10.0. The molecule has 2 aromatic rings. The van der Waals surface area contributed by atoms with Crippen molar-refractivity contribution in [2.45, 2.75) is 19.3 Å². The molecule has 0 N–H and O–H groups in total. The normalized spacial score (nSPS) is 10.7. The average Bonchev–Trinajstić information content (AvgIpc) is 2.60. The van der Waals surface area contributed by atoms with Crippen molar-refractivity contribution in [3.8, 4) is 5.75 Å². The first-order valence-corrected chi connectivity index (χ1v) is 9.33. The van der Waals surface area contributed by atoms with E-state index in [1.807, 2.05) is 36.4 Å². The Hall–Kier alpha value is -1.95. The van der Waals surface area contributed by atoms with Crippen LogP contribution >= 0.6 is 22.6 Å². The number of hydrogen-bond donors (Lipinski definition) is 0. The summed E-state index contributed by atoms with van der Waals surface area (Å²) in [5.74, 6) is 0.0828. The zero-order valence-corrected chi connectivity index (χ0v) is 15.4. The van der Waals surface area contributed by atoms with Gasteiger partial charge in [0.2, 0.25) is 0 Å². The van der Waals surface area contributed by atoms with Crippen molar-refractivity contribution in [2.24, 2.45) is 0 Å². The van der Waals surface area contributed by atoms with E-state index in [0.717, 1.165) is 22.8 Å². The Balaban J connectivity index is 1.89. The molecule has 0 aromatic heterocycles. The largest absolute Gasteiger partial charge is 0.423 e. The van der Waals surface area contributed by atoms with E-state index < -0.39 is 5.97 Å². The van der Waals surface area contributed by atoms with E-state index in [0.29, 0.717) is 17.7 Å². The van der Waals surface area contributed by atoms with E-state index >= 15 is 0 Å². The van der Waals surface area contributed by atoms with E-state index in [1.165, 1.54) is 6.08 Å². The first kappa shape index (κ1) is 18.4. The third-order valence-corrected chi connectivity index (χ3v) is 4.12. The smallest absolute Gasteiger partial charge is 0.335 e. The highest BCUT2D eigenvalue weighted by Gasteiger charge is 2.08. The molecule has 2 aromatic carbocycles. The molecule has 0 atom stereocenters. The SMILES string of the molecule is O=C(C=CCCCI)Oc1ccc(C(=O)Cc2ccccc2)cc1. The van der Waals surface area contributed by atoms with Crippen LogP contribution in [0.1, 0.15) is 28.8 Å². The van der Waals surface area contributed by atoms with Gasteiger partial charge in [-0.1, -0.05) is 59.0 Å². The van der Waals surface area contributed by atoms with Gasteiger partial charge >= 0.3 is 5.97 Å². The van der Waals surface area contributed by atoms with Gasteiger partial charge < -0.3 is 4.74 Å². The van der Waals surface area contributed by atoms with Gasteiger partial charge in [0, 0.05) is 18.1 Å². The molecule has 0 unspecified atom stereocenters. The summed E-state index contributed by atoms with van der Waals surface area (Å²) in [7, 11) is 0. The maximum atomic E-state index is 12.2. The van der Waals surface area contributed by atoms with Gasteiger partial charge in [-0.25, -0.2) is 4.79 Å². The van der Waals surface area contributed by atoms with Crippen LogP contribution in [0.3, 0.4) is 0 Å². The Morgan fingerprint density at radius 1 is 1.00 bits per heavy atom. The molecule has 0 radical (unpaired) electrons. The molecule has 0 heterocycles. The summed E-state index contributed by atoms with van der Waals surface area (Å²) in [4.78, 5) is 23.9. The zero-order valence-electron chi connectivity index (χ0n) is 13.3. The molecule has 0 saturated carbocycles. The van der Waals surface area contributed by atoms with E-state index in [1.54, 1.807) is 24.3 Å². The number of alkyl halides is 1. The first-order chi connectivity index (χ1) is 11.7. The molecule has 0 bridgehead atoms. The van der Waals surface area contributed by atoms with Crippen LogP contribution in [0.15, 0.2) is 66.7 Å². The second kappa shape index (κ2) is 10.0. The van der Waals surface area contributed by atoms with Crippen LogP contribution in [0.25, 0.3) is 0 Å². The summed E-state index contributed by atoms with van der Waals surface area (Å²) in [6, 6.07) is 16.3. The van der Waals surface area contributed by atoms with Crippen molar-refractivity contribution in [3.63, 3.8) is 0 Å². The number of unbranched alkanes of at least 4 members (excludes halogenated alkanes) is 1. The fraction of sp³-hybridized carbons (Fsp3) is 0.200. The first-order valence-electron chi connectivity index (χ1n) is 7.80. The Bertz CT molecular complexity index is 691. The van der Waals surface area contributed by atoms with Crippen LogP contribution in [0, 0.1) is 0 Å². The minimum absolute atomic E-state index is 0.0396. The van der Waals surface area contributed by atoms with E-state index in [4.69, 9.17) is 4.74 Å². The van der Waals surface area contributed by atoms with Gasteiger partial charge in [-0.2, -0.15) is 0 Å². The van der Waals surface area contributed by atoms with Crippen molar-refractivity contribution >= 4 is 34.3 Å². The minimum Gasteiger partial charge on any atom is -0.423 e.